The molecule has 9 nitrogen and oxygen atoms in total. The second kappa shape index (κ2) is 9.15. The number of rotatable bonds is 6. The van der Waals surface area contributed by atoms with Crippen LogP contribution in [0.15, 0.2) is 42.0 Å². The van der Waals surface area contributed by atoms with Crippen LogP contribution in [-0.2, 0) is 9.59 Å². The first kappa shape index (κ1) is 22.3. The fourth-order valence-electron chi connectivity index (χ4n) is 2.81. The lowest BCUT2D eigenvalue weighted by Gasteiger charge is -2.26. The molecule has 2 aromatic carbocycles. The van der Waals surface area contributed by atoms with Crippen LogP contribution in [0.25, 0.3) is 6.08 Å². The van der Waals surface area contributed by atoms with Gasteiger partial charge in [-0.1, -0.05) is 30.1 Å². The van der Waals surface area contributed by atoms with Crippen molar-refractivity contribution >= 4 is 58.5 Å². The van der Waals surface area contributed by atoms with E-state index in [-0.39, 0.29) is 38.3 Å². The number of nitro groups is 1. The van der Waals surface area contributed by atoms with Gasteiger partial charge >= 0.3 is 6.03 Å². The number of barbiturate groups is 1. The Hall–Kier alpha value is -3.43. The molecule has 1 aliphatic rings. The van der Waals surface area contributed by atoms with Crippen molar-refractivity contribution in [2.24, 2.45) is 0 Å². The van der Waals surface area contributed by atoms with Crippen molar-refractivity contribution in [1.82, 2.24) is 5.32 Å². The number of nitrogens with zero attached hydrogens (tertiary/aromatic N) is 2. The molecular weight excluding hydrogens is 449 g/mol. The number of halogens is 2. The number of imide groups is 2. The Kier molecular flexibility index (Phi) is 6.57. The SMILES string of the molecule is CCCOc1c(Cl)cc(Cl)cc1/C=C1\C(=O)NC(=O)N(c2ccc([N+](=O)[O-])cc2)C1=O. The standard InChI is InChI=1S/C20H15Cl2N3O6/c1-2-7-31-17-11(8-12(21)10-16(17)22)9-15-18(26)23-20(28)24(19(15)27)13-3-5-14(6-4-13)25(29)30/h3-6,8-10H,2,7H2,1H3,(H,23,26,28)/b15-9+. The summed E-state index contributed by atoms with van der Waals surface area (Å²) in [6.07, 6.45) is 1.92. The van der Waals surface area contributed by atoms with E-state index in [0.717, 1.165) is 12.1 Å². The summed E-state index contributed by atoms with van der Waals surface area (Å²) >= 11 is 12.3. The maximum Gasteiger partial charge on any atom is 0.335 e. The van der Waals surface area contributed by atoms with Crippen LogP contribution < -0.4 is 15.0 Å². The first-order chi connectivity index (χ1) is 14.7. The molecular formula is C20H15Cl2N3O6. The van der Waals surface area contributed by atoms with Gasteiger partial charge in [-0.25, -0.2) is 9.69 Å². The number of nitrogens with one attached hydrogen (secondary N) is 1. The Morgan fingerprint density at radius 1 is 1.16 bits per heavy atom. The third kappa shape index (κ3) is 4.68. The van der Waals surface area contributed by atoms with Crippen LogP contribution in [0.2, 0.25) is 10.0 Å². The van der Waals surface area contributed by atoms with Gasteiger partial charge in [-0.05, 0) is 36.8 Å². The molecule has 11 heteroatoms. The first-order valence-corrected chi connectivity index (χ1v) is 9.76. The van der Waals surface area contributed by atoms with Gasteiger partial charge in [0.1, 0.15) is 11.3 Å². The summed E-state index contributed by atoms with van der Waals surface area (Å²) < 4.78 is 5.63. The number of nitro benzene ring substituents is 1. The maximum absolute atomic E-state index is 13.0. The topological polar surface area (TPSA) is 119 Å². The molecule has 0 bridgehead atoms. The molecule has 1 N–H and O–H groups in total. The first-order valence-electron chi connectivity index (χ1n) is 9.00. The monoisotopic (exact) mass is 463 g/mol. The number of anilines is 1. The lowest BCUT2D eigenvalue weighted by Crippen LogP contribution is -2.54. The molecule has 1 heterocycles. The molecule has 0 radical (unpaired) electrons. The lowest BCUT2D eigenvalue weighted by molar-refractivity contribution is -0.384. The fraction of sp³-hybridized carbons (Fsp3) is 0.150. The number of hydrogen-bond acceptors (Lipinski definition) is 6. The van der Waals surface area contributed by atoms with Crippen LogP contribution in [0.3, 0.4) is 0 Å². The Balaban J connectivity index is 2.04. The van der Waals surface area contributed by atoms with Crippen LogP contribution in [-0.4, -0.2) is 29.4 Å². The predicted molar refractivity (Wildman–Crippen MR) is 114 cm³/mol. The molecule has 0 aliphatic carbocycles. The second-order valence-corrected chi connectivity index (χ2v) is 7.23. The summed E-state index contributed by atoms with van der Waals surface area (Å²) in [4.78, 5) is 48.6. The highest BCUT2D eigenvalue weighted by Crippen LogP contribution is 2.35. The summed E-state index contributed by atoms with van der Waals surface area (Å²) in [7, 11) is 0. The van der Waals surface area contributed by atoms with Gasteiger partial charge in [0, 0.05) is 22.7 Å². The van der Waals surface area contributed by atoms with Crippen LogP contribution in [0.1, 0.15) is 18.9 Å². The van der Waals surface area contributed by atoms with Crippen molar-refractivity contribution in [2.45, 2.75) is 13.3 Å². The van der Waals surface area contributed by atoms with Crippen LogP contribution in [0, 0.1) is 10.1 Å². The van der Waals surface area contributed by atoms with E-state index >= 15 is 0 Å². The van der Waals surface area contributed by atoms with Gasteiger partial charge in [0.25, 0.3) is 17.5 Å². The minimum atomic E-state index is -0.979. The number of carbonyl (C=O) groups is 3. The van der Waals surface area contributed by atoms with E-state index in [0.29, 0.717) is 17.9 Å². The van der Waals surface area contributed by atoms with Gasteiger partial charge in [0.05, 0.1) is 22.2 Å². The van der Waals surface area contributed by atoms with E-state index in [1.165, 1.54) is 30.3 Å². The molecule has 1 fully saturated rings. The molecule has 0 saturated carbocycles. The predicted octanol–water partition coefficient (Wildman–Crippen LogP) is 4.36. The number of hydrogen-bond donors (Lipinski definition) is 1. The third-order valence-corrected chi connectivity index (χ3v) is 4.71. The normalized spacial score (nSPS) is 15.3. The van der Waals surface area contributed by atoms with Crippen LogP contribution >= 0.6 is 23.2 Å². The van der Waals surface area contributed by atoms with Gasteiger partial charge in [-0.15, -0.1) is 0 Å². The molecule has 0 spiro atoms. The van der Waals surface area contributed by atoms with E-state index in [9.17, 15) is 24.5 Å². The summed E-state index contributed by atoms with van der Waals surface area (Å²) in [6, 6.07) is 6.70. The van der Waals surface area contributed by atoms with Gasteiger partial charge < -0.3 is 4.74 Å². The average Bonchev–Trinajstić information content (AvgIpc) is 2.70. The smallest absolute Gasteiger partial charge is 0.335 e. The average molecular weight is 464 g/mol. The Labute approximate surface area is 186 Å². The van der Waals surface area contributed by atoms with Crippen molar-refractivity contribution in [3.05, 3.63) is 67.7 Å². The Morgan fingerprint density at radius 2 is 1.84 bits per heavy atom. The quantitative estimate of drug-likeness (QED) is 0.294. The zero-order chi connectivity index (χ0) is 22.7. The van der Waals surface area contributed by atoms with E-state index in [1.54, 1.807) is 0 Å². The number of carbonyl (C=O) groups excluding carboxylic acids is 3. The summed E-state index contributed by atoms with van der Waals surface area (Å²) in [6.45, 7) is 2.23. The van der Waals surface area contributed by atoms with Crippen LogP contribution in [0.4, 0.5) is 16.2 Å². The molecule has 0 atom stereocenters. The minimum absolute atomic E-state index is 0.0538. The highest BCUT2D eigenvalue weighted by Gasteiger charge is 2.37. The molecule has 3 rings (SSSR count). The largest absolute Gasteiger partial charge is 0.491 e. The molecule has 2 aromatic rings. The molecule has 4 amide bonds. The Morgan fingerprint density at radius 3 is 2.45 bits per heavy atom. The highest BCUT2D eigenvalue weighted by atomic mass is 35.5. The van der Waals surface area contributed by atoms with E-state index in [2.05, 4.69) is 5.32 Å². The Bertz CT molecular complexity index is 1110. The lowest BCUT2D eigenvalue weighted by atomic mass is 10.1. The number of ether oxygens (including phenoxy) is 1. The van der Waals surface area contributed by atoms with Crippen molar-refractivity contribution in [1.29, 1.82) is 0 Å². The van der Waals surface area contributed by atoms with Crippen LogP contribution in [0.5, 0.6) is 5.75 Å². The minimum Gasteiger partial charge on any atom is -0.491 e. The summed E-state index contributed by atoms with van der Waals surface area (Å²) in [5.41, 5.74) is -0.245. The van der Waals surface area contributed by atoms with Crippen molar-refractivity contribution < 1.29 is 24.0 Å². The molecule has 160 valence electrons. The zero-order valence-electron chi connectivity index (χ0n) is 16.1. The van der Waals surface area contributed by atoms with E-state index in [1.807, 2.05) is 6.92 Å². The number of benzene rings is 2. The second-order valence-electron chi connectivity index (χ2n) is 6.39. The number of amides is 4. The van der Waals surface area contributed by atoms with E-state index in [4.69, 9.17) is 27.9 Å². The molecule has 31 heavy (non-hydrogen) atoms. The molecule has 1 saturated heterocycles. The maximum atomic E-state index is 13.0. The van der Waals surface area contributed by atoms with Crippen molar-refractivity contribution in [3.63, 3.8) is 0 Å². The summed E-state index contributed by atoms with van der Waals surface area (Å²) in [5.74, 6) is -1.59. The van der Waals surface area contributed by atoms with Crippen molar-refractivity contribution in [3.8, 4) is 5.75 Å². The number of urea groups is 1. The van der Waals surface area contributed by atoms with Gasteiger partial charge in [-0.3, -0.25) is 25.0 Å². The number of non-ortho nitro benzene ring substituents is 1. The molecule has 1 aliphatic heterocycles. The van der Waals surface area contributed by atoms with Gasteiger partial charge in [0.15, 0.2) is 0 Å². The van der Waals surface area contributed by atoms with Gasteiger partial charge in [-0.2, -0.15) is 0 Å². The zero-order valence-corrected chi connectivity index (χ0v) is 17.6. The van der Waals surface area contributed by atoms with Gasteiger partial charge in [0.2, 0.25) is 0 Å². The summed E-state index contributed by atoms with van der Waals surface area (Å²) in [5, 5.41) is 13.4. The third-order valence-electron chi connectivity index (χ3n) is 4.21. The molecule has 0 aromatic heterocycles. The van der Waals surface area contributed by atoms with E-state index < -0.39 is 22.8 Å². The molecule has 0 unspecified atom stereocenters. The fourth-order valence-corrected chi connectivity index (χ4v) is 3.38. The van der Waals surface area contributed by atoms with Crippen molar-refractivity contribution in [2.75, 3.05) is 11.5 Å². The highest BCUT2D eigenvalue weighted by molar-refractivity contribution is 6.40.